The zero-order valence-corrected chi connectivity index (χ0v) is 20.5. The summed E-state index contributed by atoms with van der Waals surface area (Å²) in [5, 5.41) is 54.1. The summed E-state index contributed by atoms with van der Waals surface area (Å²) in [4.78, 5) is 27.1. The van der Waals surface area contributed by atoms with Gasteiger partial charge in [-0.3, -0.25) is 9.59 Å². The van der Waals surface area contributed by atoms with Crippen LogP contribution in [0.5, 0.6) is 34.5 Å². The van der Waals surface area contributed by atoms with Gasteiger partial charge in [-0.25, -0.2) is 0 Å². The molecule has 6 rings (SSSR count). The number of fused-ring (bicyclic) bond motifs is 2. The second-order valence-electron chi connectivity index (χ2n) is 10.1. The highest BCUT2D eigenvalue weighted by Gasteiger charge is 2.46. The van der Waals surface area contributed by atoms with Crippen molar-refractivity contribution in [2.24, 2.45) is 11.8 Å². The van der Waals surface area contributed by atoms with Crippen LogP contribution < -0.4 is 4.74 Å². The van der Waals surface area contributed by atoms with E-state index >= 15 is 0 Å². The van der Waals surface area contributed by atoms with Crippen LogP contribution in [0.2, 0.25) is 0 Å². The Hall–Kier alpha value is -4.72. The maximum atomic E-state index is 13.6. The average molecular weight is 513 g/mol. The van der Waals surface area contributed by atoms with Crippen LogP contribution in [0.1, 0.15) is 58.8 Å². The summed E-state index contributed by atoms with van der Waals surface area (Å²) in [6.45, 7) is 3.72. The van der Waals surface area contributed by atoms with Crippen molar-refractivity contribution in [1.29, 1.82) is 0 Å². The zero-order chi connectivity index (χ0) is 27.0. The highest BCUT2D eigenvalue weighted by molar-refractivity contribution is 6.37. The van der Waals surface area contributed by atoms with Gasteiger partial charge in [0, 0.05) is 35.3 Å². The number of aliphatic hydroxyl groups is 1. The summed E-state index contributed by atoms with van der Waals surface area (Å²) in [5.74, 6) is -3.70. The van der Waals surface area contributed by atoms with E-state index < -0.39 is 29.3 Å². The van der Waals surface area contributed by atoms with Crippen molar-refractivity contribution in [3.63, 3.8) is 0 Å². The highest BCUT2D eigenvalue weighted by atomic mass is 16.5. The van der Waals surface area contributed by atoms with Gasteiger partial charge in [-0.1, -0.05) is 26.0 Å². The van der Waals surface area contributed by atoms with Crippen molar-refractivity contribution in [3.8, 4) is 34.5 Å². The summed E-state index contributed by atoms with van der Waals surface area (Å²) >= 11 is 0. The molecule has 3 aromatic carbocycles. The molecule has 2 aliphatic carbocycles. The van der Waals surface area contributed by atoms with Crippen LogP contribution in [0, 0.1) is 11.8 Å². The predicted octanol–water partition coefficient (Wildman–Crippen LogP) is 5.65. The monoisotopic (exact) mass is 512 g/mol. The van der Waals surface area contributed by atoms with Gasteiger partial charge in [-0.05, 0) is 47.6 Å². The highest BCUT2D eigenvalue weighted by Crippen LogP contribution is 2.60. The fourth-order valence-corrected chi connectivity index (χ4v) is 6.37. The van der Waals surface area contributed by atoms with E-state index in [1.807, 2.05) is 13.8 Å². The quantitative estimate of drug-likeness (QED) is 0.281. The molecule has 5 N–H and O–H groups in total. The number of phenols is 4. The average Bonchev–Trinajstić information content (AvgIpc) is 2.82. The number of ketones is 2. The Morgan fingerprint density at radius 3 is 2.08 bits per heavy atom. The van der Waals surface area contributed by atoms with Gasteiger partial charge in [0.2, 0.25) is 0 Å². The zero-order valence-electron chi connectivity index (χ0n) is 20.5. The normalized spacial score (nSPS) is 21.9. The van der Waals surface area contributed by atoms with Crippen LogP contribution in [0.25, 0.3) is 16.9 Å². The van der Waals surface area contributed by atoms with Gasteiger partial charge < -0.3 is 30.3 Å². The minimum absolute atomic E-state index is 0.00800. The van der Waals surface area contributed by atoms with E-state index in [0.717, 1.165) is 6.08 Å². The van der Waals surface area contributed by atoms with Crippen molar-refractivity contribution < 1.29 is 39.9 Å². The maximum Gasteiger partial charge on any atom is 0.190 e. The number of benzene rings is 3. The Labute approximate surface area is 217 Å². The minimum Gasteiger partial charge on any atom is -0.507 e. The number of hydrogen-bond donors (Lipinski definition) is 5. The fourth-order valence-electron chi connectivity index (χ4n) is 6.37. The largest absolute Gasteiger partial charge is 0.507 e. The Morgan fingerprint density at radius 1 is 0.763 bits per heavy atom. The molecule has 3 aliphatic rings. The third-order valence-electron chi connectivity index (χ3n) is 7.84. The fraction of sp³-hybridized carbons (Fsp3) is 0.200. The van der Waals surface area contributed by atoms with Gasteiger partial charge >= 0.3 is 0 Å². The summed E-state index contributed by atoms with van der Waals surface area (Å²) in [5.41, 5.74) is 1.26. The molecule has 0 saturated carbocycles. The first-order valence-electron chi connectivity index (χ1n) is 12.2. The summed E-state index contributed by atoms with van der Waals surface area (Å²) in [6, 6.07) is 10.0. The molecule has 3 aromatic rings. The number of carbonyl (C=O) groups excluding carboxylic acids is 2. The molecule has 2 bridgehead atoms. The van der Waals surface area contributed by atoms with E-state index in [1.165, 1.54) is 42.5 Å². The smallest absolute Gasteiger partial charge is 0.190 e. The molecule has 0 spiro atoms. The minimum atomic E-state index is -0.578. The SMILES string of the molecule is C[C@H]1CC(=O)c2c(O)cccc2Oc2cc(O)c3c4c2[C@H](C)[C@H]1C(c1c(O)cccc1O)=C4C(=O)C=C3O. The number of carbonyl (C=O) groups is 2. The molecule has 0 radical (unpaired) electrons. The van der Waals surface area contributed by atoms with Gasteiger partial charge in [0.05, 0.1) is 11.1 Å². The number of allylic oxidation sites excluding steroid dienone is 3. The second kappa shape index (κ2) is 8.14. The van der Waals surface area contributed by atoms with Gasteiger partial charge in [0.1, 0.15) is 45.8 Å². The molecule has 0 unspecified atom stereocenters. The first-order chi connectivity index (χ1) is 18.1. The van der Waals surface area contributed by atoms with Gasteiger partial charge in [0.25, 0.3) is 0 Å². The molecular formula is C30H24O8. The van der Waals surface area contributed by atoms with Crippen LogP contribution >= 0.6 is 0 Å². The molecule has 1 aliphatic heterocycles. The first kappa shape index (κ1) is 23.7. The van der Waals surface area contributed by atoms with Gasteiger partial charge in [-0.2, -0.15) is 0 Å². The number of hydrogen-bond acceptors (Lipinski definition) is 8. The van der Waals surface area contributed by atoms with Crippen LogP contribution in [-0.2, 0) is 4.79 Å². The van der Waals surface area contributed by atoms with Crippen LogP contribution in [0.4, 0.5) is 0 Å². The summed E-state index contributed by atoms with van der Waals surface area (Å²) < 4.78 is 6.17. The number of Topliss-reactive ketones (excluding diaryl/α,β-unsaturated/α-hetero) is 1. The molecular weight excluding hydrogens is 488 g/mol. The molecule has 8 nitrogen and oxygen atoms in total. The van der Waals surface area contributed by atoms with E-state index in [-0.39, 0.29) is 74.5 Å². The van der Waals surface area contributed by atoms with E-state index in [2.05, 4.69) is 0 Å². The molecule has 38 heavy (non-hydrogen) atoms. The lowest BCUT2D eigenvalue weighted by Gasteiger charge is -2.41. The van der Waals surface area contributed by atoms with Crippen LogP contribution in [-0.4, -0.2) is 37.1 Å². The van der Waals surface area contributed by atoms with Crippen molar-refractivity contribution in [2.45, 2.75) is 26.2 Å². The Bertz CT molecular complexity index is 1620. The first-order valence-corrected chi connectivity index (χ1v) is 12.2. The Balaban J connectivity index is 1.79. The molecule has 192 valence electrons. The van der Waals surface area contributed by atoms with Crippen LogP contribution in [0.15, 0.2) is 48.5 Å². The third-order valence-corrected chi connectivity index (χ3v) is 7.84. The molecule has 0 fully saturated rings. The van der Waals surface area contributed by atoms with E-state index in [1.54, 1.807) is 0 Å². The third kappa shape index (κ3) is 3.16. The molecule has 0 amide bonds. The number of rotatable bonds is 1. The lowest BCUT2D eigenvalue weighted by molar-refractivity contribution is -0.109. The van der Waals surface area contributed by atoms with Crippen LogP contribution in [0.3, 0.4) is 0 Å². The number of aliphatic hydroxyl groups excluding tert-OH is 1. The number of ether oxygens (including phenoxy) is 1. The standard InChI is InChI=1S/C30H24O8/c1-12-9-17(34)25-14(31)7-4-8-21(25)38-22-11-20(37)27-18(35)10-19(36)28-29(23(12)13(2)24(22)30(27)28)26-15(32)5-3-6-16(26)33/h3-8,10-13,23,31-33,35,37H,9H2,1-2H3/t12-,13+,23-/m0/s1. The summed E-state index contributed by atoms with van der Waals surface area (Å²) in [6.07, 6.45) is 0.972. The van der Waals surface area contributed by atoms with Gasteiger partial charge in [0.15, 0.2) is 11.6 Å². The van der Waals surface area contributed by atoms with Gasteiger partial charge in [-0.15, -0.1) is 0 Å². The van der Waals surface area contributed by atoms with Crippen molar-refractivity contribution in [2.75, 3.05) is 0 Å². The second-order valence-corrected chi connectivity index (χ2v) is 10.1. The van der Waals surface area contributed by atoms with Crippen molar-refractivity contribution in [1.82, 2.24) is 0 Å². The summed E-state index contributed by atoms with van der Waals surface area (Å²) in [7, 11) is 0. The van der Waals surface area contributed by atoms with Crippen molar-refractivity contribution in [3.05, 3.63) is 76.4 Å². The van der Waals surface area contributed by atoms with Crippen molar-refractivity contribution >= 4 is 28.5 Å². The molecule has 0 saturated heterocycles. The molecule has 3 atom stereocenters. The Morgan fingerprint density at radius 2 is 1.39 bits per heavy atom. The lowest BCUT2D eigenvalue weighted by Crippen LogP contribution is -2.31. The maximum absolute atomic E-state index is 13.6. The molecule has 8 heteroatoms. The van der Waals surface area contributed by atoms with E-state index in [4.69, 9.17) is 4.74 Å². The number of phenolic OH excluding ortho intramolecular Hbond substituents is 4. The topological polar surface area (TPSA) is 145 Å². The predicted molar refractivity (Wildman–Crippen MR) is 139 cm³/mol. The van der Waals surface area contributed by atoms with E-state index in [0.29, 0.717) is 11.1 Å². The lowest BCUT2D eigenvalue weighted by atomic mass is 9.62. The number of aromatic hydroxyl groups is 4. The molecule has 0 aromatic heterocycles. The Kier molecular flexibility index (Phi) is 5.07. The van der Waals surface area contributed by atoms with E-state index in [9.17, 15) is 35.1 Å². The molecule has 1 heterocycles.